The summed E-state index contributed by atoms with van der Waals surface area (Å²) in [6, 6.07) is 0. The summed E-state index contributed by atoms with van der Waals surface area (Å²) < 4.78 is 35.5. The van der Waals surface area contributed by atoms with Crippen LogP contribution in [0.15, 0.2) is 0 Å². The van der Waals surface area contributed by atoms with E-state index in [-0.39, 0.29) is 13.1 Å². The predicted molar refractivity (Wildman–Crippen MR) is 58.0 cm³/mol. The van der Waals surface area contributed by atoms with Crippen molar-refractivity contribution in [3.05, 3.63) is 0 Å². The van der Waals surface area contributed by atoms with Crippen LogP contribution in [0.4, 0.5) is 13.2 Å². The average molecular weight is 270 g/mol. The number of nitrogens with one attached hydrogen (secondary N) is 1. The Hall–Kier alpha value is -1.31. The zero-order chi connectivity index (χ0) is 14.3. The Kier molecular flexibility index (Phi) is 6.67. The molecule has 0 rings (SSSR count). The lowest BCUT2D eigenvalue weighted by Gasteiger charge is -2.21. The lowest BCUT2D eigenvalue weighted by atomic mass is 10.1. The Morgan fingerprint density at radius 1 is 1.39 bits per heavy atom. The van der Waals surface area contributed by atoms with Gasteiger partial charge in [-0.3, -0.25) is 14.5 Å². The number of carbonyl (C=O) groups is 2. The first kappa shape index (κ1) is 16.7. The molecule has 0 saturated heterocycles. The van der Waals surface area contributed by atoms with Gasteiger partial charge in [-0.2, -0.15) is 13.2 Å². The highest BCUT2D eigenvalue weighted by Gasteiger charge is 2.28. The van der Waals surface area contributed by atoms with Crippen molar-refractivity contribution in [3.8, 4) is 0 Å². The summed E-state index contributed by atoms with van der Waals surface area (Å²) in [4.78, 5) is 23.3. The van der Waals surface area contributed by atoms with Crippen molar-refractivity contribution in [2.45, 2.75) is 20.0 Å². The molecule has 1 atom stereocenters. The summed E-state index contributed by atoms with van der Waals surface area (Å²) in [7, 11) is 0. The maximum Gasteiger partial charge on any atom is 0.405 e. The first-order chi connectivity index (χ1) is 8.15. The van der Waals surface area contributed by atoms with Gasteiger partial charge in [0.2, 0.25) is 5.91 Å². The summed E-state index contributed by atoms with van der Waals surface area (Å²) >= 11 is 0. The van der Waals surface area contributed by atoms with Gasteiger partial charge in [-0.1, -0.05) is 13.8 Å². The van der Waals surface area contributed by atoms with Crippen molar-refractivity contribution in [1.29, 1.82) is 0 Å². The molecule has 0 heterocycles. The van der Waals surface area contributed by atoms with Crippen LogP contribution < -0.4 is 5.32 Å². The first-order valence-corrected chi connectivity index (χ1v) is 5.44. The number of amides is 1. The molecule has 0 saturated carbocycles. The van der Waals surface area contributed by atoms with Crippen molar-refractivity contribution in [3.63, 3.8) is 0 Å². The zero-order valence-electron chi connectivity index (χ0n) is 10.3. The number of hydrogen-bond acceptors (Lipinski definition) is 3. The maximum absolute atomic E-state index is 11.8. The quantitative estimate of drug-likeness (QED) is 0.714. The Morgan fingerprint density at radius 2 is 1.94 bits per heavy atom. The van der Waals surface area contributed by atoms with Crippen molar-refractivity contribution in [2.24, 2.45) is 5.92 Å². The molecule has 106 valence electrons. The molecule has 1 amide bonds. The average Bonchev–Trinajstić information content (AvgIpc) is 2.24. The second kappa shape index (κ2) is 7.20. The SMILES string of the molecule is CCN(CC(=O)NCC(F)(F)F)CC(C)C(=O)O. The summed E-state index contributed by atoms with van der Waals surface area (Å²) in [6.45, 7) is 2.05. The van der Waals surface area contributed by atoms with Crippen molar-refractivity contribution in [2.75, 3.05) is 26.2 Å². The van der Waals surface area contributed by atoms with Crippen LogP contribution in [0.2, 0.25) is 0 Å². The number of carboxylic acid groups (broad SMARTS) is 1. The van der Waals surface area contributed by atoms with E-state index in [1.165, 1.54) is 11.8 Å². The molecule has 2 N–H and O–H groups in total. The molecule has 0 aromatic carbocycles. The first-order valence-electron chi connectivity index (χ1n) is 5.44. The highest BCUT2D eigenvalue weighted by molar-refractivity contribution is 5.78. The molecule has 0 aliphatic heterocycles. The predicted octanol–water partition coefficient (Wildman–Crippen LogP) is 0.707. The van der Waals surface area contributed by atoms with Gasteiger partial charge < -0.3 is 10.4 Å². The van der Waals surface area contributed by atoms with Gasteiger partial charge in [-0.25, -0.2) is 0 Å². The molecular weight excluding hydrogens is 253 g/mol. The van der Waals surface area contributed by atoms with Gasteiger partial charge >= 0.3 is 12.1 Å². The van der Waals surface area contributed by atoms with Crippen molar-refractivity contribution < 1.29 is 27.9 Å². The van der Waals surface area contributed by atoms with Gasteiger partial charge in [0, 0.05) is 6.54 Å². The highest BCUT2D eigenvalue weighted by Crippen LogP contribution is 2.12. The molecule has 5 nitrogen and oxygen atoms in total. The number of rotatable bonds is 7. The van der Waals surface area contributed by atoms with Gasteiger partial charge in [-0.05, 0) is 6.54 Å². The third-order valence-electron chi connectivity index (χ3n) is 2.25. The van der Waals surface area contributed by atoms with Crippen molar-refractivity contribution in [1.82, 2.24) is 10.2 Å². The van der Waals surface area contributed by atoms with E-state index in [1.54, 1.807) is 12.2 Å². The van der Waals surface area contributed by atoms with Crippen LogP contribution >= 0.6 is 0 Å². The second-order valence-corrected chi connectivity index (χ2v) is 3.96. The molecular formula is C10H17F3N2O3. The van der Waals surface area contributed by atoms with E-state index in [9.17, 15) is 22.8 Å². The lowest BCUT2D eigenvalue weighted by Crippen LogP contribution is -2.42. The standard InChI is InChI=1S/C10H17F3N2O3/c1-3-15(4-7(2)9(17)18)5-8(16)14-6-10(11,12)13/h7H,3-6H2,1-2H3,(H,14,16)(H,17,18). The monoisotopic (exact) mass is 270 g/mol. The normalized spacial score (nSPS) is 13.4. The van der Waals surface area contributed by atoms with E-state index >= 15 is 0 Å². The molecule has 18 heavy (non-hydrogen) atoms. The fourth-order valence-corrected chi connectivity index (χ4v) is 1.23. The van der Waals surface area contributed by atoms with Crippen LogP contribution in [-0.4, -0.2) is 54.2 Å². The zero-order valence-corrected chi connectivity index (χ0v) is 10.3. The fourth-order valence-electron chi connectivity index (χ4n) is 1.23. The molecule has 0 aliphatic rings. The number of alkyl halides is 3. The Labute approximate surface area is 103 Å². The number of halogens is 3. The van der Waals surface area contributed by atoms with E-state index in [4.69, 9.17) is 5.11 Å². The van der Waals surface area contributed by atoms with Gasteiger partial charge in [0.1, 0.15) is 6.54 Å². The van der Waals surface area contributed by atoms with Crippen LogP contribution in [0.3, 0.4) is 0 Å². The van der Waals surface area contributed by atoms with Crippen LogP contribution in [-0.2, 0) is 9.59 Å². The molecule has 0 aromatic heterocycles. The van der Waals surface area contributed by atoms with E-state index in [1.807, 2.05) is 0 Å². The summed E-state index contributed by atoms with van der Waals surface area (Å²) in [5.74, 6) is -2.46. The molecule has 0 fully saturated rings. The highest BCUT2D eigenvalue weighted by atomic mass is 19.4. The second-order valence-electron chi connectivity index (χ2n) is 3.96. The number of carboxylic acids is 1. The molecule has 0 spiro atoms. The third-order valence-corrected chi connectivity index (χ3v) is 2.25. The third kappa shape index (κ3) is 7.88. The minimum Gasteiger partial charge on any atom is -0.481 e. The lowest BCUT2D eigenvalue weighted by molar-refractivity contribution is -0.142. The fraction of sp³-hybridized carbons (Fsp3) is 0.800. The van der Waals surface area contributed by atoms with Gasteiger partial charge in [0.25, 0.3) is 0 Å². The van der Waals surface area contributed by atoms with Gasteiger partial charge in [0.05, 0.1) is 12.5 Å². The largest absolute Gasteiger partial charge is 0.481 e. The van der Waals surface area contributed by atoms with E-state index in [0.29, 0.717) is 6.54 Å². The molecule has 0 radical (unpaired) electrons. The topological polar surface area (TPSA) is 69.6 Å². The van der Waals surface area contributed by atoms with Crippen LogP contribution in [0.1, 0.15) is 13.8 Å². The van der Waals surface area contributed by atoms with Crippen molar-refractivity contribution >= 4 is 11.9 Å². The summed E-state index contributed by atoms with van der Waals surface area (Å²) in [5.41, 5.74) is 0. The Morgan fingerprint density at radius 3 is 2.33 bits per heavy atom. The number of hydrogen-bond donors (Lipinski definition) is 2. The van der Waals surface area contributed by atoms with Gasteiger partial charge in [-0.15, -0.1) is 0 Å². The molecule has 1 unspecified atom stereocenters. The summed E-state index contributed by atoms with van der Waals surface area (Å²) in [6.07, 6.45) is -4.44. The van der Waals surface area contributed by atoms with Gasteiger partial charge in [0.15, 0.2) is 0 Å². The molecule has 8 heteroatoms. The van der Waals surface area contributed by atoms with Crippen LogP contribution in [0.5, 0.6) is 0 Å². The van der Waals surface area contributed by atoms with Crippen LogP contribution in [0.25, 0.3) is 0 Å². The number of likely N-dealkylation sites (N-methyl/N-ethyl adjacent to an activating group) is 1. The van der Waals surface area contributed by atoms with E-state index in [0.717, 1.165) is 0 Å². The van der Waals surface area contributed by atoms with E-state index < -0.39 is 30.5 Å². The Balaban J connectivity index is 4.12. The molecule has 0 aliphatic carbocycles. The molecule has 0 bridgehead atoms. The molecule has 0 aromatic rings. The number of carbonyl (C=O) groups excluding carboxylic acids is 1. The summed E-state index contributed by atoms with van der Waals surface area (Å²) in [5, 5.41) is 10.4. The van der Waals surface area contributed by atoms with E-state index in [2.05, 4.69) is 0 Å². The number of aliphatic carboxylic acids is 1. The minimum absolute atomic E-state index is 0.116. The minimum atomic E-state index is -4.44. The maximum atomic E-state index is 11.8. The van der Waals surface area contributed by atoms with Crippen LogP contribution in [0, 0.1) is 5.92 Å². The Bertz CT molecular complexity index is 295. The smallest absolute Gasteiger partial charge is 0.405 e. The number of nitrogens with zero attached hydrogens (tertiary/aromatic N) is 1.